The molecular weight excluding hydrogens is 252 g/mol. The van der Waals surface area contributed by atoms with E-state index in [0.717, 1.165) is 29.8 Å². The van der Waals surface area contributed by atoms with Crippen LogP contribution in [0.5, 0.6) is 0 Å². The molecule has 0 saturated carbocycles. The monoisotopic (exact) mass is 270 g/mol. The molecule has 1 unspecified atom stereocenters. The number of carbonyl (C=O) groups excluding carboxylic acids is 1. The number of carbonyl (C=O) groups is 1. The molecule has 3 heterocycles. The van der Waals surface area contributed by atoms with Gasteiger partial charge in [-0.15, -0.1) is 0 Å². The highest BCUT2D eigenvalue weighted by Gasteiger charge is 2.29. The van der Waals surface area contributed by atoms with Crippen LogP contribution in [-0.4, -0.2) is 40.4 Å². The van der Waals surface area contributed by atoms with Crippen LogP contribution < -0.4 is 5.32 Å². The molecule has 104 valence electrons. The topological polar surface area (TPSA) is 61.0 Å². The predicted octanol–water partition coefficient (Wildman–Crippen LogP) is 1.50. The number of nitrogens with one attached hydrogen (secondary N) is 2. The standard InChI is InChI=1S/C15H18N4O/c1-11-7-18-9-13(11)15(20)19-6-5-17-10-14(19)12-3-2-4-16-8-12/h2-4,7-9,14,17-18H,5-6,10H2,1H3. The molecule has 2 aromatic rings. The van der Waals surface area contributed by atoms with Gasteiger partial charge in [0.25, 0.3) is 5.91 Å². The zero-order valence-electron chi connectivity index (χ0n) is 11.5. The highest BCUT2D eigenvalue weighted by atomic mass is 16.2. The molecule has 0 aliphatic carbocycles. The first-order valence-corrected chi connectivity index (χ1v) is 6.82. The second-order valence-electron chi connectivity index (χ2n) is 5.06. The number of pyridine rings is 1. The lowest BCUT2D eigenvalue weighted by Gasteiger charge is -2.36. The number of piperazine rings is 1. The summed E-state index contributed by atoms with van der Waals surface area (Å²) < 4.78 is 0. The minimum atomic E-state index is 0.0410. The van der Waals surface area contributed by atoms with Gasteiger partial charge in [0.05, 0.1) is 11.6 Å². The van der Waals surface area contributed by atoms with Crippen LogP contribution in [0.3, 0.4) is 0 Å². The van der Waals surface area contributed by atoms with Crippen molar-refractivity contribution in [3.63, 3.8) is 0 Å². The van der Waals surface area contributed by atoms with Crippen LogP contribution in [0.1, 0.15) is 27.5 Å². The van der Waals surface area contributed by atoms with Gasteiger partial charge in [0.1, 0.15) is 0 Å². The maximum Gasteiger partial charge on any atom is 0.256 e. The molecule has 1 aliphatic rings. The number of nitrogens with zero attached hydrogens (tertiary/aromatic N) is 2. The van der Waals surface area contributed by atoms with Crippen LogP contribution in [0.4, 0.5) is 0 Å². The van der Waals surface area contributed by atoms with E-state index in [1.807, 2.05) is 36.4 Å². The van der Waals surface area contributed by atoms with E-state index in [0.29, 0.717) is 6.54 Å². The number of aryl methyl sites for hydroxylation is 1. The zero-order valence-corrected chi connectivity index (χ0v) is 11.5. The van der Waals surface area contributed by atoms with Crippen molar-refractivity contribution < 1.29 is 4.79 Å². The van der Waals surface area contributed by atoms with Crippen molar-refractivity contribution in [1.82, 2.24) is 20.2 Å². The van der Waals surface area contributed by atoms with E-state index in [4.69, 9.17) is 0 Å². The maximum atomic E-state index is 12.7. The Morgan fingerprint density at radius 3 is 3.05 bits per heavy atom. The molecule has 1 aliphatic heterocycles. The largest absolute Gasteiger partial charge is 0.367 e. The Morgan fingerprint density at radius 1 is 1.45 bits per heavy atom. The Morgan fingerprint density at radius 2 is 2.35 bits per heavy atom. The average Bonchev–Trinajstić information content (AvgIpc) is 2.93. The summed E-state index contributed by atoms with van der Waals surface area (Å²) in [5.41, 5.74) is 2.81. The van der Waals surface area contributed by atoms with Crippen molar-refractivity contribution in [2.75, 3.05) is 19.6 Å². The molecule has 5 nitrogen and oxygen atoms in total. The van der Waals surface area contributed by atoms with Gasteiger partial charge in [0, 0.05) is 44.4 Å². The molecule has 2 aromatic heterocycles. The summed E-state index contributed by atoms with van der Waals surface area (Å²) in [6.45, 7) is 4.25. The number of aromatic amines is 1. The number of amides is 1. The highest BCUT2D eigenvalue weighted by molar-refractivity contribution is 5.95. The lowest BCUT2D eigenvalue weighted by molar-refractivity contribution is 0.0633. The fourth-order valence-electron chi connectivity index (χ4n) is 2.64. The summed E-state index contributed by atoms with van der Waals surface area (Å²) in [5, 5.41) is 3.35. The van der Waals surface area contributed by atoms with Gasteiger partial charge in [-0.25, -0.2) is 0 Å². The third kappa shape index (κ3) is 2.32. The van der Waals surface area contributed by atoms with Gasteiger partial charge in [0.15, 0.2) is 0 Å². The summed E-state index contributed by atoms with van der Waals surface area (Å²) in [4.78, 5) is 21.8. The van der Waals surface area contributed by atoms with Crippen molar-refractivity contribution in [3.05, 3.63) is 53.6 Å². The normalized spacial score (nSPS) is 19.1. The first kappa shape index (κ1) is 12.9. The maximum absolute atomic E-state index is 12.7. The fourth-order valence-corrected chi connectivity index (χ4v) is 2.64. The number of H-pyrrole nitrogens is 1. The number of aromatic nitrogens is 2. The van der Waals surface area contributed by atoms with Crippen LogP contribution in [0, 0.1) is 6.92 Å². The summed E-state index contributed by atoms with van der Waals surface area (Å²) in [5.74, 6) is 0.0825. The van der Waals surface area contributed by atoms with Gasteiger partial charge < -0.3 is 15.2 Å². The Labute approximate surface area is 118 Å². The molecule has 0 radical (unpaired) electrons. The van der Waals surface area contributed by atoms with Crippen molar-refractivity contribution in [2.24, 2.45) is 0 Å². The molecular formula is C15H18N4O. The summed E-state index contributed by atoms with van der Waals surface area (Å²) >= 11 is 0. The number of hydrogen-bond donors (Lipinski definition) is 2. The number of rotatable bonds is 2. The second kappa shape index (κ2) is 5.46. The van der Waals surface area contributed by atoms with Gasteiger partial charge in [-0.3, -0.25) is 9.78 Å². The molecule has 20 heavy (non-hydrogen) atoms. The van der Waals surface area contributed by atoms with Crippen molar-refractivity contribution in [1.29, 1.82) is 0 Å². The lowest BCUT2D eigenvalue weighted by atomic mass is 10.0. The van der Waals surface area contributed by atoms with Gasteiger partial charge in [-0.05, 0) is 24.1 Å². The van der Waals surface area contributed by atoms with Crippen LogP contribution >= 0.6 is 0 Å². The van der Waals surface area contributed by atoms with Crippen LogP contribution in [0.25, 0.3) is 0 Å². The van der Waals surface area contributed by atoms with E-state index >= 15 is 0 Å². The molecule has 1 saturated heterocycles. The fraction of sp³-hybridized carbons (Fsp3) is 0.333. The van der Waals surface area contributed by atoms with Crippen LogP contribution in [0.15, 0.2) is 36.9 Å². The Hall–Kier alpha value is -2.14. The van der Waals surface area contributed by atoms with E-state index in [2.05, 4.69) is 15.3 Å². The Balaban J connectivity index is 1.90. The first-order valence-electron chi connectivity index (χ1n) is 6.82. The van der Waals surface area contributed by atoms with E-state index in [1.54, 1.807) is 12.4 Å². The predicted molar refractivity (Wildman–Crippen MR) is 76.4 cm³/mol. The van der Waals surface area contributed by atoms with Gasteiger partial charge >= 0.3 is 0 Å². The van der Waals surface area contributed by atoms with Crippen LogP contribution in [-0.2, 0) is 0 Å². The minimum absolute atomic E-state index is 0.0410. The minimum Gasteiger partial charge on any atom is -0.367 e. The van der Waals surface area contributed by atoms with E-state index in [-0.39, 0.29) is 11.9 Å². The van der Waals surface area contributed by atoms with E-state index in [9.17, 15) is 4.79 Å². The molecule has 0 aromatic carbocycles. The van der Waals surface area contributed by atoms with Gasteiger partial charge in [-0.1, -0.05) is 6.07 Å². The Kier molecular flexibility index (Phi) is 3.52. The van der Waals surface area contributed by atoms with Gasteiger partial charge in [-0.2, -0.15) is 0 Å². The third-order valence-electron chi connectivity index (χ3n) is 3.76. The molecule has 0 bridgehead atoms. The van der Waals surface area contributed by atoms with Crippen molar-refractivity contribution in [2.45, 2.75) is 13.0 Å². The molecule has 1 amide bonds. The lowest BCUT2D eigenvalue weighted by Crippen LogP contribution is -2.48. The second-order valence-corrected chi connectivity index (χ2v) is 5.06. The Bertz CT molecular complexity index is 593. The molecule has 3 rings (SSSR count). The summed E-state index contributed by atoms with van der Waals surface area (Å²) in [6.07, 6.45) is 7.22. The molecule has 2 N–H and O–H groups in total. The molecule has 1 atom stereocenters. The van der Waals surface area contributed by atoms with Crippen molar-refractivity contribution >= 4 is 5.91 Å². The first-order chi connectivity index (χ1) is 9.77. The molecule has 1 fully saturated rings. The smallest absolute Gasteiger partial charge is 0.256 e. The van der Waals surface area contributed by atoms with Crippen molar-refractivity contribution in [3.8, 4) is 0 Å². The quantitative estimate of drug-likeness (QED) is 0.869. The van der Waals surface area contributed by atoms with E-state index < -0.39 is 0 Å². The molecule has 5 heteroatoms. The van der Waals surface area contributed by atoms with Gasteiger partial charge in [0.2, 0.25) is 0 Å². The zero-order chi connectivity index (χ0) is 13.9. The van der Waals surface area contributed by atoms with E-state index in [1.165, 1.54) is 0 Å². The highest BCUT2D eigenvalue weighted by Crippen LogP contribution is 2.24. The summed E-state index contributed by atoms with van der Waals surface area (Å²) in [6, 6.07) is 3.97. The summed E-state index contributed by atoms with van der Waals surface area (Å²) in [7, 11) is 0. The average molecular weight is 270 g/mol. The SMILES string of the molecule is Cc1c[nH]cc1C(=O)N1CCNCC1c1cccnc1. The third-order valence-corrected chi connectivity index (χ3v) is 3.76. The number of hydrogen-bond acceptors (Lipinski definition) is 3. The van der Waals surface area contributed by atoms with Crippen LogP contribution in [0.2, 0.25) is 0 Å². The molecule has 0 spiro atoms.